The lowest BCUT2D eigenvalue weighted by molar-refractivity contribution is 0.122. The number of pyridine rings is 1. The summed E-state index contributed by atoms with van der Waals surface area (Å²) in [6.45, 7) is 3.02. The van der Waals surface area contributed by atoms with E-state index in [-0.39, 0.29) is 0 Å². The molecule has 0 unspecified atom stereocenters. The lowest BCUT2D eigenvalue weighted by atomic mass is 10.2. The van der Waals surface area contributed by atoms with Crippen molar-refractivity contribution in [2.45, 2.75) is 0 Å². The predicted octanol–water partition coefficient (Wildman–Crippen LogP) is 3.48. The molecule has 8 heteroatoms. The Bertz CT molecular complexity index is 1360. The van der Waals surface area contributed by atoms with Crippen LogP contribution in [0.15, 0.2) is 79.4 Å². The highest BCUT2D eigenvalue weighted by molar-refractivity contribution is 5.64. The molecule has 5 heterocycles. The SMILES string of the molecule is c1ccc(-c2ccn(-c3cc(N4CCOCC4)n4cc(-c5cccnc5)nc4n3)n2)cc1. The molecule has 0 bridgehead atoms. The average Bonchev–Trinajstić information content (AvgIpc) is 3.53. The van der Waals surface area contributed by atoms with Crippen molar-refractivity contribution in [3.63, 3.8) is 0 Å². The van der Waals surface area contributed by atoms with Crippen LogP contribution in [0, 0.1) is 0 Å². The monoisotopic (exact) mass is 423 g/mol. The van der Waals surface area contributed by atoms with Crippen LogP contribution in [0.3, 0.4) is 0 Å². The summed E-state index contributed by atoms with van der Waals surface area (Å²) in [4.78, 5) is 16.2. The highest BCUT2D eigenvalue weighted by Gasteiger charge is 2.19. The molecule has 1 fully saturated rings. The molecule has 6 rings (SSSR count). The molecule has 0 N–H and O–H groups in total. The molecule has 0 atom stereocenters. The maximum absolute atomic E-state index is 5.57. The van der Waals surface area contributed by atoms with Crippen LogP contribution in [0.4, 0.5) is 5.82 Å². The van der Waals surface area contributed by atoms with Gasteiger partial charge >= 0.3 is 0 Å². The first-order valence-electron chi connectivity index (χ1n) is 10.6. The Morgan fingerprint density at radius 1 is 0.844 bits per heavy atom. The topological polar surface area (TPSA) is 73.4 Å². The highest BCUT2D eigenvalue weighted by atomic mass is 16.5. The Kier molecular flexibility index (Phi) is 4.62. The number of imidazole rings is 1. The zero-order valence-electron chi connectivity index (χ0n) is 17.4. The number of hydrogen-bond donors (Lipinski definition) is 0. The van der Waals surface area contributed by atoms with E-state index in [1.165, 1.54) is 0 Å². The molecule has 32 heavy (non-hydrogen) atoms. The second kappa shape index (κ2) is 7.90. The van der Waals surface area contributed by atoms with E-state index in [0.717, 1.165) is 47.2 Å². The van der Waals surface area contributed by atoms with Crippen LogP contribution in [-0.4, -0.2) is 55.4 Å². The number of anilines is 1. The van der Waals surface area contributed by atoms with E-state index in [4.69, 9.17) is 19.8 Å². The van der Waals surface area contributed by atoms with Gasteiger partial charge in [0.2, 0.25) is 5.78 Å². The molecule has 0 aliphatic carbocycles. The van der Waals surface area contributed by atoms with Gasteiger partial charge in [-0.05, 0) is 18.2 Å². The minimum atomic E-state index is 0.625. The summed E-state index contributed by atoms with van der Waals surface area (Å²) in [5.74, 6) is 2.37. The molecule has 158 valence electrons. The summed E-state index contributed by atoms with van der Waals surface area (Å²) in [6, 6.07) is 18.1. The smallest absolute Gasteiger partial charge is 0.238 e. The molecule has 1 aliphatic heterocycles. The molecular weight excluding hydrogens is 402 g/mol. The summed E-state index contributed by atoms with van der Waals surface area (Å²) >= 11 is 0. The van der Waals surface area contributed by atoms with E-state index < -0.39 is 0 Å². The van der Waals surface area contributed by atoms with Gasteiger partial charge in [0.05, 0.1) is 24.6 Å². The molecule has 5 aromatic rings. The predicted molar refractivity (Wildman–Crippen MR) is 122 cm³/mol. The minimum absolute atomic E-state index is 0.625. The molecule has 8 nitrogen and oxygen atoms in total. The van der Waals surface area contributed by atoms with Crippen molar-refractivity contribution in [2.75, 3.05) is 31.2 Å². The Morgan fingerprint density at radius 3 is 2.50 bits per heavy atom. The van der Waals surface area contributed by atoms with Crippen molar-refractivity contribution >= 4 is 11.6 Å². The number of morpholine rings is 1. The van der Waals surface area contributed by atoms with Gasteiger partial charge in [-0.2, -0.15) is 10.1 Å². The number of aromatic nitrogens is 6. The number of hydrogen-bond acceptors (Lipinski definition) is 6. The van der Waals surface area contributed by atoms with Gasteiger partial charge in [-0.3, -0.25) is 9.38 Å². The summed E-state index contributed by atoms with van der Waals surface area (Å²) in [7, 11) is 0. The Hall–Kier alpha value is -4.04. The summed E-state index contributed by atoms with van der Waals surface area (Å²) < 4.78 is 9.42. The molecule has 0 saturated carbocycles. The van der Waals surface area contributed by atoms with Gasteiger partial charge in [0.15, 0.2) is 5.82 Å². The standard InChI is InChI=1S/C24H21N7O/c1-2-5-18(6-3-1)20-8-10-31(28-20)22-15-23(29-11-13-32-14-12-29)30-17-21(26-24(30)27-22)19-7-4-9-25-16-19/h1-10,15-17H,11-14H2. The van der Waals surface area contributed by atoms with E-state index in [0.29, 0.717) is 19.0 Å². The van der Waals surface area contributed by atoms with Crippen LogP contribution in [0.1, 0.15) is 0 Å². The number of fused-ring (bicyclic) bond motifs is 1. The molecular formula is C24H21N7O. The van der Waals surface area contributed by atoms with Crippen molar-refractivity contribution in [3.05, 3.63) is 79.4 Å². The van der Waals surface area contributed by atoms with E-state index in [1.807, 2.05) is 64.1 Å². The fourth-order valence-corrected chi connectivity index (χ4v) is 3.96. The normalized spacial score (nSPS) is 14.2. The van der Waals surface area contributed by atoms with Crippen LogP contribution < -0.4 is 4.90 Å². The van der Waals surface area contributed by atoms with Crippen LogP contribution in [-0.2, 0) is 4.74 Å². The van der Waals surface area contributed by atoms with Gasteiger partial charge in [-0.25, -0.2) is 9.67 Å². The van der Waals surface area contributed by atoms with E-state index in [2.05, 4.69) is 28.1 Å². The van der Waals surface area contributed by atoms with Crippen LogP contribution in [0.5, 0.6) is 0 Å². The first-order chi connectivity index (χ1) is 15.8. The summed E-state index contributed by atoms with van der Waals surface area (Å²) in [5, 5.41) is 4.77. The number of benzene rings is 1. The number of rotatable bonds is 4. The van der Waals surface area contributed by atoms with Gasteiger partial charge in [0, 0.05) is 55.1 Å². The van der Waals surface area contributed by atoms with Gasteiger partial charge in [0.1, 0.15) is 5.82 Å². The average molecular weight is 423 g/mol. The van der Waals surface area contributed by atoms with Crippen LogP contribution >= 0.6 is 0 Å². The summed E-state index contributed by atoms with van der Waals surface area (Å²) in [6.07, 6.45) is 7.54. The van der Waals surface area contributed by atoms with Crippen LogP contribution in [0.25, 0.3) is 34.1 Å². The second-order valence-corrected chi connectivity index (χ2v) is 7.62. The van der Waals surface area contributed by atoms with Gasteiger partial charge in [-0.15, -0.1) is 0 Å². The number of ether oxygens (including phenoxy) is 1. The molecule has 1 saturated heterocycles. The van der Waals surface area contributed by atoms with Crippen molar-refractivity contribution in [3.8, 4) is 28.3 Å². The maximum atomic E-state index is 5.57. The number of nitrogens with zero attached hydrogens (tertiary/aromatic N) is 7. The van der Waals surface area contributed by atoms with E-state index in [9.17, 15) is 0 Å². The van der Waals surface area contributed by atoms with E-state index >= 15 is 0 Å². The maximum Gasteiger partial charge on any atom is 0.238 e. The Morgan fingerprint density at radius 2 is 1.69 bits per heavy atom. The fourth-order valence-electron chi connectivity index (χ4n) is 3.96. The van der Waals surface area contributed by atoms with Crippen molar-refractivity contribution in [1.29, 1.82) is 0 Å². The molecule has 1 aliphatic rings. The molecule has 4 aromatic heterocycles. The van der Waals surface area contributed by atoms with E-state index in [1.54, 1.807) is 6.20 Å². The molecule has 0 amide bonds. The lowest BCUT2D eigenvalue weighted by Gasteiger charge is -2.29. The molecule has 1 aromatic carbocycles. The fraction of sp³-hybridized carbons (Fsp3) is 0.167. The largest absolute Gasteiger partial charge is 0.378 e. The first kappa shape index (κ1) is 18.7. The van der Waals surface area contributed by atoms with Crippen molar-refractivity contribution in [2.24, 2.45) is 0 Å². The van der Waals surface area contributed by atoms with Gasteiger partial charge in [-0.1, -0.05) is 30.3 Å². The third kappa shape index (κ3) is 3.40. The third-order valence-corrected chi connectivity index (χ3v) is 5.59. The zero-order valence-corrected chi connectivity index (χ0v) is 17.4. The molecule has 0 spiro atoms. The zero-order chi connectivity index (χ0) is 21.3. The van der Waals surface area contributed by atoms with Gasteiger partial charge in [0.25, 0.3) is 0 Å². The summed E-state index contributed by atoms with van der Waals surface area (Å²) in [5.41, 5.74) is 3.76. The quantitative estimate of drug-likeness (QED) is 0.441. The molecule has 0 radical (unpaired) electrons. The van der Waals surface area contributed by atoms with Crippen LogP contribution in [0.2, 0.25) is 0 Å². The lowest BCUT2D eigenvalue weighted by Crippen LogP contribution is -2.37. The van der Waals surface area contributed by atoms with Crippen molar-refractivity contribution in [1.82, 2.24) is 29.1 Å². The second-order valence-electron chi connectivity index (χ2n) is 7.62. The highest BCUT2D eigenvalue weighted by Crippen LogP contribution is 2.26. The van der Waals surface area contributed by atoms with Gasteiger partial charge < -0.3 is 9.64 Å². The minimum Gasteiger partial charge on any atom is -0.378 e. The first-order valence-corrected chi connectivity index (χ1v) is 10.6. The third-order valence-electron chi connectivity index (χ3n) is 5.59. The Balaban J connectivity index is 1.48. The Labute approximate surface area is 184 Å². The van der Waals surface area contributed by atoms with Crippen molar-refractivity contribution < 1.29 is 4.74 Å².